The Labute approximate surface area is 105 Å². The van der Waals surface area contributed by atoms with Crippen molar-refractivity contribution in [3.05, 3.63) is 23.8 Å². The van der Waals surface area contributed by atoms with E-state index in [0.29, 0.717) is 6.04 Å². The molecule has 0 saturated carbocycles. The predicted molar refractivity (Wildman–Crippen MR) is 74.0 cm³/mol. The van der Waals surface area contributed by atoms with Crippen LogP contribution in [0.5, 0.6) is 5.75 Å². The zero-order valence-corrected chi connectivity index (χ0v) is 11.6. The Balaban J connectivity index is 3.19. The average Bonchev–Trinajstić information content (AvgIpc) is 2.37. The summed E-state index contributed by atoms with van der Waals surface area (Å²) in [5, 5.41) is 3.45. The first kappa shape index (κ1) is 13.8. The molecule has 0 bridgehead atoms. The number of nitrogens with zero attached hydrogens (tertiary/aromatic N) is 1. The maximum Gasteiger partial charge on any atom is 0.125 e. The van der Waals surface area contributed by atoms with Crippen LogP contribution >= 0.6 is 0 Å². The van der Waals surface area contributed by atoms with Gasteiger partial charge in [0.2, 0.25) is 0 Å². The smallest absolute Gasteiger partial charge is 0.125 e. The highest BCUT2D eigenvalue weighted by atomic mass is 16.5. The SMILES string of the molecule is CCNC(C)c1c(OC)cccc1N(C)CC. The van der Waals surface area contributed by atoms with Crippen LogP contribution in [0, 0.1) is 0 Å². The molecule has 3 heteroatoms. The van der Waals surface area contributed by atoms with Gasteiger partial charge in [0.1, 0.15) is 5.75 Å². The minimum Gasteiger partial charge on any atom is -0.496 e. The number of ether oxygens (including phenoxy) is 1. The Morgan fingerprint density at radius 3 is 2.59 bits per heavy atom. The molecular weight excluding hydrogens is 212 g/mol. The number of nitrogens with one attached hydrogen (secondary N) is 1. The second-order valence-corrected chi connectivity index (χ2v) is 4.19. The molecule has 0 fully saturated rings. The number of rotatable bonds is 6. The van der Waals surface area contributed by atoms with E-state index in [1.54, 1.807) is 7.11 Å². The van der Waals surface area contributed by atoms with Gasteiger partial charge in [-0.2, -0.15) is 0 Å². The summed E-state index contributed by atoms with van der Waals surface area (Å²) in [6, 6.07) is 6.51. The number of hydrogen-bond donors (Lipinski definition) is 1. The van der Waals surface area contributed by atoms with Crippen molar-refractivity contribution in [1.29, 1.82) is 0 Å². The van der Waals surface area contributed by atoms with E-state index in [2.05, 4.69) is 44.1 Å². The van der Waals surface area contributed by atoms with E-state index < -0.39 is 0 Å². The molecule has 1 rings (SSSR count). The molecular formula is C14H24N2O. The van der Waals surface area contributed by atoms with Gasteiger partial charge in [0.25, 0.3) is 0 Å². The van der Waals surface area contributed by atoms with Gasteiger partial charge in [-0.3, -0.25) is 0 Å². The van der Waals surface area contributed by atoms with Crippen LogP contribution in [-0.2, 0) is 0 Å². The van der Waals surface area contributed by atoms with Crippen molar-refractivity contribution in [2.24, 2.45) is 0 Å². The van der Waals surface area contributed by atoms with E-state index in [4.69, 9.17) is 4.74 Å². The molecule has 1 aromatic rings. The van der Waals surface area contributed by atoms with Crippen LogP contribution in [0.4, 0.5) is 5.69 Å². The molecule has 17 heavy (non-hydrogen) atoms. The van der Waals surface area contributed by atoms with Crippen molar-refractivity contribution in [3.8, 4) is 5.75 Å². The minimum atomic E-state index is 0.292. The molecule has 0 saturated heterocycles. The van der Waals surface area contributed by atoms with Gasteiger partial charge < -0.3 is 15.0 Å². The number of benzene rings is 1. The molecule has 0 aliphatic rings. The fraction of sp³-hybridized carbons (Fsp3) is 0.571. The maximum atomic E-state index is 5.48. The van der Waals surface area contributed by atoms with E-state index in [1.807, 2.05) is 12.1 Å². The molecule has 0 aliphatic heterocycles. The van der Waals surface area contributed by atoms with E-state index in [0.717, 1.165) is 18.8 Å². The largest absolute Gasteiger partial charge is 0.496 e. The first-order valence-electron chi connectivity index (χ1n) is 6.27. The molecule has 0 heterocycles. The standard InChI is InChI=1S/C14H24N2O/c1-6-15-11(3)14-12(16(4)7-2)9-8-10-13(14)17-5/h8-11,15H,6-7H2,1-5H3. The molecule has 0 aliphatic carbocycles. The summed E-state index contributed by atoms with van der Waals surface area (Å²) < 4.78 is 5.48. The molecule has 1 unspecified atom stereocenters. The highest BCUT2D eigenvalue weighted by Gasteiger charge is 2.16. The Morgan fingerprint density at radius 1 is 1.35 bits per heavy atom. The van der Waals surface area contributed by atoms with Crippen LogP contribution in [-0.4, -0.2) is 27.2 Å². The highest BCUT2D eigenvalue weighted by molar-refractivity contribution is 5.60. The average molecular weight is 236 g/mol. The van der Waals surface area contributed by atoms with Crippen molar-refractivity contribution >= 4 is 5.69 Å². The Morgan fingerprint density at radius 2 is 2.06 bits per heavy atom. The fourth-order valence-electron chi connectivity index (χ4n) is 2.06. The lowest BCUT2D eigenvalue weighted by Crippen LogP contribution is -2.23. The van der Waals surface area contributed by atoms with Crippen LogP contribution in [0.2, 0.25) is 0 Å². The van der Waals surface area contributed by atoms with Crippen LogP contribution in [0.15, 0.2) is 18.2 Å². The van der Waals surface area contributed by atoms with Crippen LogP contribution in [0.25, 0.3) is 0 Å². The normalized spacial score (nSPS) is 12.3. The Hall–Kier alpha value is -1.22. The Kier molecular flexibility index (Phi) is 5.29. The summed E-state index contributed by atoms with van der Waals surface area (Å²) in [7, 11) is 3.84. The third kappa shape index (κ3) is 3.13. The monoisotopic (exact) mass is 236 g/mol. The molecule has 0 amide bonds. The number of anilines is 1. The summed E-state index contributed by atoms with van der Waals surface area (Å²) in [5.41, 5.74) is 2.47. The lowest BCUT2D eigenvalue weighted by atomic mass is 10.0. The van der Waals surface area contributed by atoms with Gasteiger partial charge in [0.15, 0.2) is 0 Å². The Bertz CT molecular complexity index is 352. The van der Waals surface area contributed by atoms with Crippen LogP contribution in [0.3, 0.4) is 0 Å². The lowest BCUT2D eigenvalue weighted by Gasteiger charge is -2.26. The molecule has 3 nitrogen and oxygen atoms in total. The van der Waals surface area contributed by atoms with Crippen molar-refractivity contribution in [1.82, 2.24) is 5.32 Å². The maximum absolute atomic E-state index is 5.48. The van der Waals surface area contributed by atoms with Gasteiger partial charge >= 0.3 is 0 Å². The third-order valence-corrected chi connectivity index (χ3v) is 3.09. The first-order valence-corrected chi connectivity index (χ1v) is 6.27. The van der Waals surface area contributed by atoms with Gasteiger partial charge in [0, 0.05) is 30.9 Å². The molecule has 0 spiro atoms. The first-order chi connectivity index (χ1) is 8.15. The van der Waals surface area contributed by atoms with Crippen molar-refractivity contribution < 1.29 is 4.74 Å². The summed E-state index contributed by atoms with van der Waals surface area (Å²) in [4.78, 5) is 2.24. The van der Waals surface area contributed by atoms with Gasteiger partial charge in [-0.1, -0.05) is 13.0 Å². The van der Waals surface area contributed by atoms with E-state index in [-0.39, 0.29) is 0 Å². The second-order valence-electron chi connectivity index (χ2n) is 4.19. The van der Waals surface area contributed by atoms with Gasteiger partial charge in [0.05, 0.1) is 7.11 Å². The summed E-state index contributed by atoms with van der Waals surface area (Å²) in [5.74, 6) is 0.955. The number of hydrogen-bond acceptors (Lipinski definition) is 3. The van der Waals surface area contributed by atoms with Crippen LogP contribution in [0.1, 0.15) is 32.4 Å². The third-order valence-electron chi connectivity index (χ3n) is 3.09. The van der Waals surface area contributed by atoms with Crippen molar-refractivity contribution in [2.75, 3.05) is 32.1 Å². The van der Waals surface area contributed by atoms with Gasteiger partial charge in [-0.15, -0.1) is 0 Å². The zero-order valence-electron chi connectivity index (χ0n) is 11.6. The fourth-order valence-corrected chi connectivity index (χ4v) is 2.06. The van der Waals surface area contributed by atoms with E-state index in [1.165, 1.54) is 11.3 Å². The minimum absolute atomic E-state index is 0.292. The topological polar surface area (TPSA) is 24.5 Å². The predicted octanol–water partition coefficient (Wildman–Crippen LogP) is 2.82. The van der Waals surface area contributed by atoms with E-state index >= 15 is 0 Å². The highest BCUT2D eigenvalue weighted by Crippen LogP contribution is 2.33. The molecule has 1 atom stereocenters. The molecule has 0 aromatic heterocycles. The number of methoxy groups -OCH3 is 1. The molecule has 1 aromatic carbocycles. The summed E-state index contributed by atoms with van der Waals surface area (Å²) >= 11 is 0. The quantitative estimate of drug-likeness (QED) is 0.822. The molecule has 96 valence electrons. The van der Waals surface area contributed by atoms with Gasteiger partial charge in [-0.25, -0.2) is 0 Å². The molecule has 1 N–H and O–H groups in total. The summed E-state index contributed by atoms with van der Waals surface area (Å²) in [6.45, 7) is 8.39. The zero-order chi connectivity index (χ0) is 12.8. The van der Waals surface area contributed by atoms with Gasteiger partial charge in [-0.05, 0) is 32.5 Å². The van der Waals surface area contributed by atoms with Crippen LogP contribution < -0.4 is 15.0 Å². The van der Waals surface area contributed by atoms with E-state index in [9.17, 15) is 0 Å². The molecule has 0 radical (unpaired) electrons. The van der Waals surface area contributed by atoms with Crippen molar-refractivity contribution in [3.63, 3.8) is 0 Å². The summed E-state index contributed by atoms with van der Waals surface area (Å²) in [6.07, 6.45) is 0. The van der Waals surface area contributed by atoms with Crippen molar-refractivity contribution in [2.45, 2.75) is 26.8 Å². The second kappa shape index (κ2) is 6.50. The lowest BCUT2D eigenvalue weighted by molar-refractivity contribution is 0.402.